The molecule has 3 aromatic rings. The second-order valence-electron chi connectivity index (χ2n) is 4.87. The van der Waals surface area contributed by atoms with Crippen molar-refractivity contribution in [2.24, 2.45) is 0 Å². The van der Waals surface area contributed by atoms with Crippen LogP contribution in [-0.4, -0.2) is 25.2 Å². The fourth-order valence-electron chi connectivity index (χ4n) is 2.40. The maximum atomic E-state index is 12.7. The summed E-state index contributed by atoms with van der Waals surface area (Å²) in [4.78, 5) is 16.9. The van der Waals surface area contributed by atoms with Gasteiger partial charge in [0.2, 0.25) is 0 Å². The number of carbonyl (C=O) groups excluding carboxylic acids is 1. The first-order chi connectivity index (χ1) is 11.7. The van der Waals surface area contributed by atoms with E-state index in [0.29, 0.717) is 33.2 Å². The summed E-state index contributed by atoms with van der Waals surface area (Å²) in [5.41, 5.74) is 0.716. The number of rotatable bonds is 4. The molecule has 0 bridgehead atoms. The summed E-state index contributed by atoms with van der Waals surface area (Å²) in [6.07, 6.45) is 1.61. The number of carbonyl (C=O) groups is 1. The lowest BCUT2D eigenvalue weighted by atomic mass is 10.1. The van der Waals surface area contributed by atoms with E-state index in [1.807, 2.05) is 6.07 Å². The van der Waals surface area contributed by atoms with E-state index in [1.54, 1.807) is 42.6 Å². The van der Waals surface area contributed by atoms with Gasteiger partial charge in [-0.1, -0.05) is 17.7 Å². The SMILES string of the molecule is COc1cccc(OC)c1C(=O)Oc1ccc(Cl)c2cccnc12. The quantitative estimate of drug-likeness (QED) is 0.526. The minimum atomic E-state index is -0.599. The Morgan fingerprint density at radius 1 is 0.958 bits per heavy atom. The van der Waals surface area contributed by atoms with E-state index in [0.717, 1.165) is 0 Å². The first-order valence-corrected chi connectivity index (χ1v) is 7.50. The second-order valence-corrected chi connectivity index (χ2v) is 5.28. The van der Waals surface area contributed by atoms with Crippen LogP contribution in [-0.2, 0) is 0 Å². The van der Waals surface area contributed by atoms with Gasteiger partial charge in [-0.25, -0.2) is 4.79 Å². The van der Waals surface area contributed by atoms with Gasteiger partial charge >= 0.3 is 5.97 Å². The van der Waals surface area contributed by atoms with E-state index in [1.165, 1.54) is 14.2 Å². The van der Waals surface area contributed by atoms with Crippen molar-refractivity contribution in [3.8, 4) is 17.2 Å². The van der Waals surface area contributed by atoms with Gasteiger partial charge in [0, 0.05) is 11.6 Å². The molecule has 0 aliphatic heterocycles. The molecule has 24 heavy (non-hydrogen) atoms. The molecule has 0 fully saturated rings. The molecule has 0 unspecified atom stereocenters. The Morgan fingerprint density at radius 2 is 1.67 bits per heavy atom. The summed E-state index contributed by atoms with van der Waals surface area (Å²) in [6.45, 7) is 0. The van der Waals surface area contributed by atoms with Crippen molar-refractivity contribution in [3.05, 3.63) is 59.2 Å². The highest BCUT2D eigenvalue weighted by atomic mass is 35.5. The normalized spacial score (nSPS) is 10.5. The molecule has 3 rings (SSSR count). The van der Waals surface area contributed by atoms with Crippen molar-refractivity contribution in [2.75, 3.05) is 14.2 Å². The van der Waals surface area contributed by atoms with Crippen molar-refractivity contribution >= 4 is 28.5 Å². The minimum Gasteiger partial charge on any atom is -0.496 e. The first-order valence-electron chi connectivity index (χ1n) is 7.12. The summed E-state index contributed by atoms with van der Waals surface area (Å²) in [5.74, 6) is 0.447. The largest absolute Gasteiger partial charge is 0.496 e. The van der Waals surface area contributed by atoms with E-state index in [-0.39, 0.29) is 5.56 Å². The zero-order valence-corrected chi connectivity index (χ0v) is 13.8. The number of benzene rings is 2. The zero-order valence-electron chi connectivity index (χ0n) is 13.1. The van der Waals surface area contributed by atoms with E-state index in [2.05, 4.69) is 4.98 Å². The van der Waals surface area contributed by atoms with E-state index < -0.39 is 5.97 Å². The molecule has 0 radical (unpaired) electrons. The number of halogens is 1. The van der Waals surface area contributed by atoms with Crippen LogP contribution in [0.1, 0.15) is 10.4 Å². The second kappa shape index (κ2) is 6.76. The van der Waals surface area contributed by atoms with E-state index in [9.17, 15) is 4.79 Å². The molecule has 0 amide bonds. The number of hydrogen-bond donors (Lipinski definition) is 0. The van der Waals surface area contributed by atoms with Crippen LogP contribution in [0.3, 0.4) is 0 Å². The Bertz CT molecular complexity index is 888. The van der Waals surface area contributed by atoms with Crippen molar-refractivity contribution in [2.45, 2.75) is 0 Å². The minimum absolute atomic E-state index is 0.210. The van der Waals surface area contributed by atoms with Gasteiger partial charge in [0.1, 0.15) is 22.6 Å². The molecule has 0 N–H and O–H groups in total. The number of hydrogen-bond acceptors (Lipinski definition) is 5. The number of fused-ring (bicyclic) bond motifs is 1. The lowest BCUT2D eigenvalue weighted by Crippen LogP contribution is -2.12. The molecule has 0 saturated heterocycles. The van der Waals surface area contributed by atoms with Gasteiger partial charge in [-0.2, -0.15) is 0 Å². The third kappa shape index (κ3) is 2.86. The summed E-state index contributed by atoms with van der Waals surface area (Å²) in [7, 11) is 2.95. The van der Waals surface area contributed by atoms with Gasteiger partial charge in [0.25, 0.3) is 0 Å². The van der Waals surface area contributed by atoms with Crippen LogP contribution in [0.15, 0.2) is 48.7 Å². The molecule has 122 valence electrons. The highest BCUT2D eigenvalue weighted by Gasteiger charge is 2.21. The molecule has 0 aliphatic rings. The third-order valence-corrected chi connectivity index (χ3v) is 3.84. The summed E-state index contributed by atoms with van der Waals surface area (Å²) in [6, 6.07) is 11.9. The van der Waals surface area contributed by atoms with Crippen LogP contribution in [0.5, 0.6) is 17.2 Å². The lowest BCUT2D eigenvalue weighted by molar-refractivity contribution is 0.0729. The predicted molar refractivity (Wildman–Crippen MR) is 91.3 cm³/mol. The van der Waals surface area contributed by atoms with Gasteiger partial charge in [0.15, 0.2) is 5.75 Å². The van der Waals surface area contributed by atoms with Gasteiger partial charge in [0.05, 0.1) is 19.2 Å². The summed E-state index contributed by atoms with van der Waals surface area (Å²) < 4.78 is 16.0. The van der Waals surface area contributed by atoms with E-state index >= 15 is 0 Å². The van der Waals surface area contributed by atoms with E-state index in [4.69, 9.17) is 25.8 Å². The van der Waals surface area contributed by atoms with Crippen LogP contribution in [0.25, 0.3) is 10.9 Å². The van der Waals surface area contributed by atoms with Gasteiger partial charge < -0.3 is 14.2 Å². The molecule has 0 aliphatic carbocycles. The number of ether oxygens (including phenoxy) is 3. The Kier molecular flexibility index (Phi) is 4.53. The molecule has 1 aromatic heterocycles. The first kappa shape index (κ1) is 16.1. The van der Waals surface area contributed by atoms with Crippen LogP contribution < -0.4 is 14.2 Å². The number of esters is 1. The van der Waals surface area contributed by atoms with Gasteiger partial charge in [-0.05, 0) is 36.4 Å². The highest BCUT2D eigenvalue weighted by Crippen LogP contribution is 2.33. The summed E-state index contributed by atoms with van der Waals surface area (Å²) in [5, 5.41) is 1.24. The molecule has 0 spiro atoms. The fourth-order valence-corrected chi connectivity index (χ4v) is 2.61. The standard InChI is InChI=1S/C18H14ClNO4/c1-22-13-6-3-7-14(23-2)16(13)18(21)24-15-9-8-12(19)11-5-4-10-20-17(11)15/h3-10H,1-2H3. The number of aromatic nitrogens is 1. The van der Waals surface area contributed by atoms with Crippen LogP contribution in [0.4, 0.5) is 0 Å². The third-order valence-electron chi connectivity index (χ3n) is 3.51. The molecule has 6 heteroatoms. The predicted octanol–water partition coefficient (Wildman–Crippen LogP) is 4.12. The number of nitrogens with zero attached hydrogens (tertiary/aromatic N) is 1. The molecular formula is C18H14ClNO4. The van der Waals surface area contributed by atoms with Crippen LogP contribution in [0.2, 0.25) is 5.02 Å². The maximum absolute atomic E-state index is 12.7. The Hall–Kier alpha value is -2.79. The van der Waals surface area contributed by atoms with Crippen LogP contribution >= 0.6 is 11.6 Å². The molecule has 1 heterocycles. The molecule has 2 aromatic carbocycles. The Morgan fingerprint density at radius 3 is 2.33 bits per heavy atom. The fraction of sp³-hybridized carbons (Fsp3) is 0.111. The lowest BCUT2D eigenvalue weighted by Gasteiger charge is -2.13. The average molecular weight is 344 g/mol. The number of methoxy groups -OCH3 is 2. The van der Waals surface area contributed by atoms with Crippen molar-refractivity contribution in [3.63, 3.8) is 0 Å². The topological polar surface area (TPSA) is 57.7 Å². The summed E-state index contributed by atoms with van der Waals surface area (Å²) >= 11 is 6.16. The Labute approximate surface area is 143 Å². The number of pyridine rings is 1. The molecule has 5 nitrogen and oxygen atoms in total. The smallest absolute Gasteiger partial charge is 0.351 e. The monoisotopic (exact) mass is 343 g/mol. The highest BCUT2D eigenvalue weighted by molar-refractivity contribution is 6.35. The van der Waals surface area contributed by atoms with Crippen LogP contribution in [0, 0.1) is 0 Å². The molecule has 0 atom stereocenters. The van der Waals surface area contributed by atoms with Gasteiger partial charge in [-0.15, -0.1) is 0 Å². The Balaban J connectivity index is 2.04. The molecular weight excluding hydrogens is 330 g/mol. The molecule has 0 saturated carbocycles. The average Bonchev–Trinajstić information content (AvgIpc) is 2.63. The van der Waals surface area contributed by atoms with Crippen molar-refractivity contribution in [1.29, 1.82) is 0 Å². The van der Waals surface area contributed by atoms with Crippen molar-refractivity contribution in [1.82, 2.24) is 4.98 Å². The maximum Gasteiger partial charge on any atom is 0.351 e. The zero-order chi connectivity index (χ0) is 17.1. The van der Waals surface area contributed by atoms with Gasteiger partial charge in [-0.3, -0.25) is 4.98 Å². The van der Waals surface area contributed by atoms with Crippen molar-refractivity contribution < 1.29 is 19.0 Å².